The molecule has 21 heavy (non-hydrogen) atoms. The van der Waals surface area contributed by atoms with Gasteiger partial charge in [-0.25, -0.2) is 0 Å². The van der Waals surface area contributed by atoms with Crippen LogP contribution < -0.4 is 10.2 Å². The monoisotopic (exact) mass is 302 g/mol. The number of hydrogen-bond acceptors (Lipinski definition) is 3. The maximum atomic E-state index is 3.55. The SMILES string of the molecule is CCc1ccsc1CNCc1ccc(N(CC)CC)cc1. The summed E-state index contributed by atoms with van der Waals surface area (Å²) in [7, 11) is 0. The van der Waals surface area contributed by atoms with Crippen LogP contribution in [0.2, 0.25) is 0 Å². The van der Waals surface area contributed by atoms with Crippen molar-refractivity contribution < 1.29 is 0 Å². The van der Waals surface area contributed by atoms with Crippen LogP contribution in [0.25, 0.3) is 0 Å². The first kappa shape index (κ1) is 16.1. The third kappa shape index (κ3) is 4.32. The summed E-state index contributed by atoms with van der Waals surface area (Å²) < 4.78 is 0. The van der Waals surface area contributed by atoms with Crippen molar-refractivity contribution in [2.75, 3.05) is 18.0 Å². The van der Waals surface area contributed by atoms with Crippen molar-refractivity contribution in [2.45, 2.75) is 40.3 Å². The largest absolute Gasteiger partial charge is 0.372 e. The zero-order chi connectivity index (χ0) is 15.1. The number of nitrogens with one attached hydrogen (secondary N) is 1. The predicted octanol–water partition coefficient (Wildman–Crippen LogP) is 4.45. The van der Waals surface area contributed by atoms with E-state index in [0.717, 1.165) is 32.6 Å². The van der Waals surface area contributed by atoms with E-state index in [1.165, 1.54) is 21.7 Å². The Morgan fingerprint density at radius 2 is 1.67 bits per heavy atom. The molecule has 2 rings (SSSR count). The quantitative estimate of drug-likeness (QED) is 0.775. The molecule has 0 aliphatic carbocycles. The number of benzene rings is 1. The van der Waals surface area contributed by atoms with Crippen LogP contribution in [-0.4, -0.2) is 13.1 Å². The number of rotatable bonds is 8. The third-order valence-electron chi connectivity index (χ3n) is 3.90. The molecular formula is C18H26N2S. The summed E-state index contributed by atoms with van der Waals surface area (Å²) in [5.74, 6) is 0. The Bertz CT molecular complexity index is 526. The Morgan fingerprint density at radius 3 is 2.29 bits per heavy atom. The van der Waals surface area contributed by atoms with Gasteiger partial charge >= 0.3 is 0 Å². The van der Waals surface area contributed by atoms with Crippen LogP contribution in [0.5, 0.6) is 0 Å². The molecule has 114 valence electrons. The van der Waals surface area contributed by atoms with Crippen LogP contribution in [0.15, 0.2) is 35.7 Å². The molecule has 0 aliphatic rings. The molecule has 0 fully saturated rings. The molecule has 3 heteroatoms. The minimum absolute atomic E-state index is 0.930. The average molecular weight is 302 g/mol. The molecule has 0 bridgehead atoms. The summed E-state index contributed by atoms with van der Waals surface area (Å²) in [4.78, 5) is 3.84. The first-order valence-corrected chi connectivity index (χ1v) is 8.76. The van der Waals surface area contributed by atoms with Gasteiger partial charge < -0.3 is 10.2 Å². The van der Waals surface area contributed by atoms with E-state index in [2.05, 4.69) is 66.7 Å². The second-order valence-electron chi connectivity index (χ2n) is 5.16. The van der Waals surface area contributed by atoms with Gasteiger partial charge in [0, 0.05) is 36.7 Å². The summed E-state index contributed by atoms with van der Waals surface area (Å²) in [5, 5.41) is 5.74. The van der Waals surface area contributed by atoms with E-state index in [1.54, 1.807) is 0 Å². The summed E-state index contributed by atoms with van der Waals surface area (Å²) in [6.45, 7) is 10.6. The Hall–Kier alpha value is -1.32. The Kier molecular flexibility index (Phi) is 6.27. The molecule has 0 radical (unpaired) electrons. The summed E-state index contributed by atoms with van der Waals surface area (Å²) in [6.07, 6.45) is 1.12. The lowest BCUT2D eigenvalue weighted by molar-refractivity contribution is 0.696. The maximum absolute atomic E-state index is 3.55. The molecular weight excluding hydrogens is 276 g/mol. The molecule has 0 amide bonds. The highest BCUT2D eigenvalue weighted by atomic mass is 32.1. The normalized spacial score (nSPS) is 10.8. The molecule has 0 saturated heterocycles. The average Bonchev–Trinajstić information content (AvgIpc) is 2.97. The lowest BCUT2D eigenvalue weighted by atomic mass is 10.2. The number of anilines is 1. The standard InChI is InChI=1S/C18H26N2S/c1-4-16-11-12-21-18(16)14-19-13-15-7-9-17(10-8-15)20(5-2)6-3/h7-12,19H,4-6,13-14H2,1-3H3. The van der Waals surface area contributed by atoms with Crippen molar-refractivity contribution in [3.63, 3.8) is 0 Å². The lowest BCUT2D eigenvalue weighted by Gasteiger charge is -2.21. The summed E-state index contributed by atoms with van der Waals surface area (Å²) >= 11 is 1.85. The van der Waals surface area contributed by atoms with Gasteiger partial charge in [-0.15, -0.1) is 11.3 Å². The fourth-order valence-corrected chi connectivity index (χ4v) is 3.52. The van der Waals surface area contributed by atoms with Crippen molar-refractivity contribution in [2.24, 2.45) is 0 Å². The third-order valence-corrected chi connectivity index (χ3v) is 4.86. The van der Waals surface area contributed by atoms with Crippen LogP contribution >= 0.6 is 11.3 Å². The summed E-state index contributed by atoms with van der Waals surface area (Å²) in [6, 6.07) is 11.2. The number of aryl methyl sites for hydroxylation is 1. The van der Waals surface area contributed by atoms with Crippen molar-refractivity contribution in [1.29, 1.82) is 0 Å². The topological polar surface area (TPSA) is 15.3 Å². The van der Waals surface area contributed by atoms with Gasteiger partial charge in [0.05, 0.1) is 0 Å². The first-order valence-electron chi connectivity index (χ1n) is 7.88. The lowest BCUT2D eigenvalue weighted by Crippen LogP contribution is -2.21. The highest BCUT2D eigenvalue weighted by Gasteiger charge is 2.03. The maximum Gasteiger partial charge on any atom is 0.0366 e. The fraction of sp³-hybridized carbons (Fsp3) is 0.444. The van der Waals surface area contributed by atoms with Gasteiger partial charge in [-0.1, -0.05) is 19.1 Å². The molecule has 1 N–H and O–H groups in total. The van der Waals surface area contributed by atoms with Gasteiger partial charge in [0.1, 0.15) is 0 Å². The molecule has 1 aromatic carbocycles. The Morgan fingerprint density at radius 1 is 0.952 bits per heavy atom. The Labute approximate surface area is 132 Å². The number of nitrogens with zero attached hydrogens (tertiary/aromatic N) is 1. The summed E-state index contributed by atoms with van der Waals surface area (Å²) in [5.41, 5.74) is 4.14. The van der Waals surface area contributed by atoms with E-state index in [9.17, 15) is 0 Å². The molecule has 1 aromatic heterocycles. The van der Waals surface area contributed by atoms with Gasteiger partial charge in [0.15, 0.2) is 0 Å². The molecule has 0 atom stereocenters. The molecule has 2 nitrogen and oxygen atoms in total. The molecule has 2 aromatic rings. The van der Waals surface area contributed by atoms with Crippen molar-refractivity contribution in [3.05, 3.63) is 51.7 Å². The molecule has 0 aliphatic heterocycles. The van der Waals surface area contributed by atoms with E-state index < -0.39 is 0 Å². The molecule has 0 unspecified atom stereocenters. The second kappa shape index (κ2) is 8.20. The van der Waals surface area contributed by atoms with Crippen molar-refractivity contribution >= 4 is 17.0 Å². The molecule has 0 spiro atoms. The van der Waals surface area contributed by atoms with E-state index >= 15 is 0 Å². The predicted molar refractivity (Wildman–Crippen MR) is 94.2 cm³/mol. The van der Waals surface area contributed by atoms with E-state index in [-0.39, 0.29) is 0 Å². The zero-order valence-electron chi connectivity index (χ0n) is 13.4. The van der Waals surface area contributed by atoms with Gasteiger partial charge in [0.2, 0.25) is 0 Å². The number of thiophene rings is 1. The van der Waals surface area contributed by atoms with Gasteiger partial charge in [-0.3, -0.25) is 0 Å². The Balaban J connectivity index is 1.86. The minimum atomic E-state index is 0.930. The highest BCUT2D eigenvalue weighted by Crippen LogP contribution is 2.18. The highest BCUT2D eigenvalue weighted by molar-refractivity contribution is 7.10. The van der Waals surface area contributed by atoms with Crippen LogP contribution in [0, 0.1) is 0 Å². The smallest absolute Gasteiger partial charge is 0.0366 e. The first-order chi connectivity index (χ1) is 10.3. The van der Waals surface area contributed by atoms with Crippen molar-refractivity contribution in [1.82, 2.24) is 5.32 Å². The van der Waals surface area contributed by atoms with Gasteiger partial charge in [-0.05, 0) is 55.0 Å². The molecule has 1 heterocycles. The minimum Gasteiger partial charge on any atom is -0.372 e. The van der Waals surface area contributed by atoms with Crippen LogP contribution in [0.4, 0.5) is 5.69 Å². The molecule has 0 saturated carbocycles. The van der Waals surface area contributed by atoms with Crippen LogP contribution in [-0.2, 0) is 19.5 Å². The number of hydrogen-bond donors (Lipinski definition) is 1. The van der Waals surface area contributed by atoms with Crippen molar-refractivity contribution in [3.8, 4) is 0 Å². The van der Waals surface area contributed by atoms with Gasteiger partial charge in [-0.2, -0.15) is 0 Å². The van der Waals surface area contributed by atoms with Crippen LogP contribution in [0.1, 0.15) is 36.8 Å². The van der Waals surface area contributed by atoms with Crippen LogP contribution in [0.3, 0.4) is 0 Å². The van der Waals surface area contributed by atoms with E-state index in [1.807, 2.05) is 11.3 Å². The van der Waals surface area contributed by atoms with Gasteiger partial charge in [0.25, 0.3) is 0 Å². The second-order valence-corrected chi connectivity index (χ2v) is 6.17. The fourth-order valence-electron chi connectivity index (χ4n) is 2.57. The van der Waals surface area contributed by atoms with E-state index in [0.29, 0.717) is 0 Å². The zero-order valence-corrected chi connectivity index (χ0v) is 14.2. The van der Waals surface area contributed by atoms with E-state index in [4.69, 9.17) is 0 Å².